The van der Waals surface area contributed by atoms with Gasteiger partial charge < -0.3 is 20.3 Å². The smallest absolute Gasteiger partial charge is 0.274 e. The summed E-state index contributed by atoms with van der Waals surface area (Å²) in [6, 6.07) is 8.45. The van der Waals surface area contributed by atoms with E-state index in [0.29, 0.717) is 25.9 Å². The van der Waals surface area contributed by atoms with Crippen molar-refractivity contribution < 1.29 is 28.0 Å². The summed E-state index contributed by atoms with van der Waals surface area (Å²) in [6.45, 7) is 8.63. The molecular formula is C32H39F2N5O4. The Hall–Kier alpha value is -3.70. The van der Waals surface area contributed by atoms with Crippen LogP contribution < -0.4 is 10.6 Å². The normalized spacial score (nSPS) is 22.1. The van der Waals surface area contributed by atoms with Gasteiger partial charge in [-0.3, -0.25) is 19.5 Å². The summed E-state index contributed by atoms with van der Waals surface area (Å²) in [5.41, 5.74) is -0.449. The molecule has 0 radical (unpaired) electrons. The number of aromatic nitrogens is 2. The molecule has 1 aliphatic heterocycles. The minimum Gasteiger partial charge on any atom is -0.390 e. The number of likely N-dealkylation sites (tertiary alicyclic amines) is 1. The minimum absolute atomic E-state index is 0.00974. The van der Waals surface area contributed by atoms with E-state index in [0.717, 1.165) is 42.7 Å². The lowest BCUT2D eigenvalue weighted by atomic mass is 9.78. The summed E-state index contributed by atoms with van der Waals surface area (Å²) in [5, 5.41) is 20.4. The molecule has 1 saturated heterocycles. The third-order valence-electron chi connectivity index (χ3n) is 8.73. The van der Waals surface area contributed by atoms with Crippen LogP contribution in [0.1, 0.15) is 81.5 Å². The van der Waals surface area contributed by atoms with Crippen LogP contribution in [-0.4, -0.2) is 62.2 Å². The molecule has 2 amide bonds. The van der Waals surface area contributed by atoms with Gasteiger partial charge in [0, 0.05) is 43.2 Å². The zero-order valence-electron chi connectivity index (χ0n) is 25.0. The van der Waals surface area contributed by atoms with E-state index in [1.807, 2.05) is 39.8 Å². The van der Waals surface area contributed by atoms with Crippen molar-refractivity contribution in [3.05, 3.63) is 71.2 Å². The average Bonchev–Trinajstić information content (AvgIpc) is 3.41. The first-order valence-corrected chi connectivity index (χ1v) is 14.8. The van der Waals surface area contributed by atoms with Gasteiger partial charge in [0.2, 0.25) is 5.91 Å². The van der Waals surface area contributed by atoms with Crippen LogP contribution in [0.15, 0.2) is 47.1 Å². The van der Waals surface area contributed by atoms with E-state index in [1.54, 1.807) is 6.20 Å². The van der Waals surface area contributed by atoms with E-state index < -0.39 is 34.2 Å². The Labute approximate surface area is 250 Å². The van der Waals surface area contributed by atoms with E-state index in [9.17, 15) is 23.5 Å². The van der Waals surface area contributed by atoms with E-state index in [1.165, 1.54) is 12.1 Å². The number of carbonyl (C=O) groups is 2. The monoisotopic (exact) mass is 595 g/mol. The highest BCUT2D eigenvalue weighted by Gasteiger charge is 2.49. The minimum atomic E-state index is -0.871. The SMILES string of the molecule is CCc1cc(C(C)(C)NC(=O)CC2(NC(=O)c3cc(-c4ccc(F)cc4F)on3)CN(C3CCC(C)(O)CC3)C2)ccn1. The summed E-state index contributed by atoms with van der Waals surface area (Å²) < 4.78 is 32.9. The Kier molecular flexibility index (Phi) is 8.41. The van der Waals surface area contributed by atoms with Gasteiger partial charge >= 0.3 is 0 Å². The summed E-state index contributed by atoms with van der Waals surface area (Å²) in [5.74, 6) is -2.35. The lowest BCUT2D eigenvalue weighted by Gasteiger charge is -2.54. The molecule has 0 atom stereocenters. The summed E-state index contributed by atoms with van der Waals surface area (Å²) in [6.07, 6.45) is 5.58. The van der Waals surface area contributed by atoms with Crippen molar-refractivity contribution in [2.75, 3.05) is 13.1 Å². The Morgan fingerprint density at radius 3 is 2.53 bits per heavy atom. The van der Waals surface area contributed by atoms with E-state index in [-0.39, 0.29) is 35.4 Å². The van der Waals surface area contributed by atoms with Crippen LogP contribution >= 0.6 is 0 Å². The Morgan fingerprint density at radius 2 is 1.86 bits per heavy atom. The van der Waals surface area contributed by atoms with Gasteiger partial charge in [0.15, 0.2) is 11.5 Å². The predicted octanol–water partition coefficient (Wildman–Crippen LogP) is 4.50. The molecule has 2 aromatic heterocycles. The third-order valence-corrected chi connectivity index (χ3v) is 8.73. The average molecular weight is 596 g/mol. The van der Waals surface area contributed by atoms with Crippen molar-refractivity contribution in [1.82, 2.24) is 25.7 Å². The lowest BCUT2D eigenvalue weighted by Crippen LogP contribution is -2.73. The number of aliphatic hydroxyl groups is 1. The van der Waals surface area contributed by atoms with Gasteiger partial charge in [-0.2, -0.15) is 0 Å². The van der Waals surface area contributed by atoms with E-state index in [2.05, 4.69) is 25.7 Å². The fourth-order valence-electron chi connectivity index (χ4n) is 6.15. The highest BCUT2D eigenvalue weighted by Crippen LogP contribution is 2.36. The highest BCUT2D eigenvalue weighted by molar-refractivity contribution is 5.94. The molecule has 2 fully saturated rings. The number of carbonyl (C=O) groups excluding carboxylic acids is 2. The van der Waals surface area contributed by atoms with Crippen LogP contribution in [0.4, 0.5) is 8.78 Å². The molecule has 1 aliphatic carbocycles. The van der Waals surface area contributed by atoms with Crippen molar-refractivity contribution in [1.29, 1.82) is 0 Å². The number of nitrogens with zero attached hydrogens (tertiary/aromatic N) is 3. The number of amides is 2. The molecule has 3 heterocycles. The van der Waals surface area contributed by atoms with Gasteiger partial charge in [-0.25, -0.2) is 8.78 Å². The Balaban J connectivity index is 1.31. The number of halogens is 2. The van der Waals surface area contributed by atoms with Gasteiger partial charge in [-0.05, 0) is 82.7 Å². The molecule has 1 aromatic carbocycles. The molecule has 3 aromatic rings. The van der Waals surface area contributed by atoms with Gasteiger partial charge in [0.25, 0.3) is 5.91 Å². The van der Waals surface area contributed by atoms with Gasteiger partial charge in [0.1, 0.15) is 11.6 Å². The van der Waals surface area contributed by atoms with Crippen LogP contribution in [-0.2, 0) is 16.8 Å². The molecule has 3 N–H and O–H groups in total. The third kappa shape index (κ3) is 6.94. The summed E-state index contributed by atoms with van der Waals surface area (Å²) >= 11 is 0. The highest BCUT2D eigenvalue weighted by atomic mass is 19.1. The number of hydrogen-bond acceptors (Lipinski definition) is 7. The number of pyridine rings is 1. The predicted molar refractivity (Wildman–Crippen MR) is 156 cm³/mol. The quantitative estimate of drug-likeness (QED) is 0.333. The maximum absolute atomic E-state index is 14.3. The van der Waals surface area contributed by atoms with Crippen molar-refractivity contribution in [3.63, 3.8) is 0 Å². The molecule has 230 valence electrons. The molecule has 0 spiro atoms. The zero-order chi connectivity index (χ0) is 31.0. The van der Waals surface area contributed by atoms with Crippen molar-refractivity contribution in [2.45, 2.75) is 88.9 Å². The van der Waals surface area contributed by atoms with Gasteiger partial charge in [-0.15, -0.1) is 0 Å². The second-order valence-electron chi connectivity index (χ2n) is 12.8. The number of nitrogens with one attached hydrogen (secondary N) is 2. The van der Waals surface area contributed by atoms with Crippen LogP contribution in [0, 0.1) is 11.6 Å². The second-order valence-corrected chi connectivity index (χ2v) is 12.8. The molecule has 5 rings (SSSR count). The molecule has 2 aliphatic rings. The first-order valence-electron chi connectivity index (χ1n) is 14.8. The standard InChI is InChI=1S/C32H39F2N5O4/c1-5-22-14-20(10-13-35-22)30(2,3)36-28(40)17-32(18-39(19-32)23-8-11-31(4,42)12-9-23)37-29(41)26-16-27(43-38-26)24-7-6-21(33)15-25(24)34/h6-7,10,13-16,23,42H,5,8-9,11-12,17-19H2,1-4H3,(H,36,40)(H,37,41). The topological polar surface area (TPSA) is 121 Å². The van der Waals surface area contributed by atoms with Gasteiger partial charge in [0.05, 0.1) is 28.7 Å². The summed E-state index contributed by atoms with van der Waals surface area (Å²) in [4.78, 5) is 33.5. The fraction of sp³-hybridized carbons (Fsp3) is 0.500. The molecule has 1 saturated carbocycles. The van der Waals surface area contributed by atoms with Crippen molar-refractivity contribution in [3.8, 4) is 11.3 Å². The van der Waals surface area contributed by atoms with Crippen LogP contribution in [0.25, 0.3) is 11.3 Å². The Bertz CT molecular complexity index is 1490. The van der Waals surface area contributed by atoms with E-state index >= 15 is 0 Å². The Morgan fingerprint density at radius 1 is 1.14 bits per heavy atom. The lowest BCUT2D eigenvalue weighted by molar-refractivity contribution is -0.127. The van der Waals surface area contributed by atoms with Gasteiger partial charge in [-0.1, -0.05) is 12.1 Å². The zero-order valence-corrected chi connectivity index (χ0v) is 25.0. The summed E-state index contributed by atoms with van der Waals surface area (Å²) in [7, 11) is 0. The number of rotatable bonds is 9. The number of aryl methyl sites for hydroxylation is 1. The largest absolute Gasteiger partial charge is 0.390 e. The maximum Gasteiger partial charge on any atom is 0.274 e. The van der Waals surface area contributed by atoms with Crippen LogP contribution in [0.2, 0.25) is 0 Å². The number of benzene rings is 1. The first kappa shape index (κ1) is 30.7. The molecule has 43 heavy (non-hydrogen) atoms. The molecule has 0 unspecified atom stereocenters. The number of hydrogen-bond donors (Lipinski definition) is 3. The van der Waals surface area contributed by atoms with E-state index in [4.69, 9.17) is 4.52 Å². The second kappa shape index (κ2) is 11.8. The van der Waals surface area contributed by atoms with Crippen molar-refractivity contribution in [2.24, 2.45) is 0 Å². The fourth-order valence-corrected chi connectivity index (χ4v) is 6.15. The molecule has 0 bridgehead atoms. The van der Waals surface area contributed by atoms with Crippen LogP contribution in [0.3, 0.4) is 0 Å². The molecule has 9 nitrogen and oxygen atoms in total. The molecular weight excluding hydrogens is 556 g/mol. The van der Waals surface area contributed by atoms with Crippen molar-refractivity contribution >= 4 is 11.8 Å². The van der Waals surface area contributed by atoms with Crippen LogP contribution in [0.5, 0.6) is 0 Å². The maximum atomic E-state index is 14.3. The molecule has 11 heteroatoms. The first-order chi connectivity index (χ1) is 20.3.